The van der Waals surface area contributed by atoms with E-state index in [1.807, 2.05) is 6.92 Å². The fraction of sp³-hybridized carbons (Fsp3) is 1.00. The summed E-state index contributed by atoms with van der Waals surface area (Å²) in [5.41, 5.74) is 0. The van der Waals surface area contributed by atoms with Gasteiger partial charge in [0, 0.05) is 5.88 Å². The monoisotopic (exact) mass is 264 g/mol. The van der Waals surface area contributed by atoms with E-state index in [1.54, 1.807) is 0 Å². The molecule has 0 aromatic rings. The topological polar surface area (TPSA) is 0 Å². The molecule has 0 rings (SSSR count). The molecule has 0 aliphatic carbocycles. The molecule has 2 radical (unpaired) electrons. The van der Waals surface area contributed by atoms with E-state index in [2.05, 4.69) is 9.88 Å². The van der Waals surface area contributed by atoms with Gasteiger partial charge in [0.15, 0.2) is 0 Å². The maximum absolute atomic E-state index is 5.19. The van der Waals surface area contributed by atoms with Crippen LogP contribution in [0.25, 0.3) is 0 Å². The summed E-state index contributed by atoms with van der Waals surface area (Å²) in [4.78, 5) is 4.59. The van der Waals surface area contributed by atoms with Crippen molar-refractivity contribution in [2.45, 2.75) is 23.2 Å². The Labute approximate surface area is 74.0 Å². The SMILES string of the molecule is CCCCl.Cl.[CH3][Sn][CH3]. The molecule has 0 aliphatic rings. The van der Waals surface area contributed by atoms with Gasteiger partial charge in [-0.05, 0) is 6.42 Å². The van der Waals surface area contributed by atoms with Crippen LogP contribution in [0.1, 0.15) is 13.3 Å². The van der Waals surface area contributed by atoms with Gasteiger partial charge in [0.2, 0.25) is 0 Å². The second kappa shape index (κ2) is 23.8. The van der Waals surface area contributed by atoms with E-state index in [9.17, 15) is 0 Å². The predicted octanol–water partition coefficient (Wildman–Crippen LogP) is 2.84. The van der Waals surface area contributed by atoms with Crippen molar-refractivity contribution in [3.05, 3.63) is 0 Å². The molecule has 0 fully saturated rings. The first-order valence-electron chi connectivity index (χ1n) is 2.47. The molecule has 0 unspecified atom stereocenters. The molecule has 0 aromatic carbocycles. The first-order valence-corrected chi connectivity index (χ1v) is 8.72. The van der Waals surface area contributed by atoms with Gasteiger partial charge in [0.1, 0.15) is 0 Å². The predicted molar refractivity (Wildman–Crippen MR) is 45.7 cm³/mol. The van der Waals surface area contributed by atoms with E-state index in [0.29, 0.717) is 0 Å². The quantitative estimate of drug-likeness (QED) is 0.504. The molecular weight excluding hydrogens is 250 g/mol. The third kappa shape index (κ3) is 53.1. The molecule has 0 atom stereocenters. The van der Waals surface area contributed by atoms with Crippen LogP contribution >= 0.6 is 24.0 Å². The number of hydrogen-bond acceptors (Lipinski definition) is 0. The molecule has 52 valence electrons. The minimum absolute atomic E-state index is 0. The summed E-state index contributed by atoms with van der Waals surface area (Å²) in [6.45, 7) is 2.05. The van der Waals surface area contributed by atoms with Crippen molar-refractivity contribution in [2.75, 3.05) is 5.88 Å². The molecule has 0 heterocycles. The molecular formula is C5H14Cl2Sn. The van der Waals surface area contributed by atoms with Crippen LogP contribution in [0.5, 0.6) is 0 Å². The van der Waals surface area contributed by atoms with Crippen LogP contribution in [0.3, 0.4) is 0 Å². The summed E-state index contributed by atoms with van der Waals surface area (Å²) >= 11 is 5.42. The number of halogens is 2. The van der Waals surface area contributed by atoms with E-state index in [1.165, 1.54) is 0 Å². The van der Waals surface area contributed by atoms with Crippen LogP contribution in [0.4, 0.5) is 0 Å². The zero-order valence-corrected chi connectivity index (χ0v) is 10.1. The fourth-order valence-electron chi connectivity index (χ4n) is 0. The summed E-state index contributed by atoms with van der Waals surface area (Å²) in [5.74, 6) is 0.792. The van der Waals surface area contributed by atoms with Crippen LogP contribution in [0.15, 0.2) is 0 Å². The third-order valence-corrected chi connectivity index (χ3v) is 0.567. The second-order valence-electron chi connectivity index (χ2n) is 1.19. The van der Waals surface area contributed by atoms with Gasteiger partial charge in [0.25, 0.3) is 0 Å². The molecule has 3 heteroatoms. The molecule has 0 nitrogen and oxygen atoms in total. The van der Waals surface area contributed by atoms with Crippen molar-refractivity contribution in [3.63, 3.8) is 0 Å². The first kappa shape index (κ1) is 16.2. The van der Waals surface area contributed by atoms with Crippen molar-refractivity contribution in [2.24, 2.45) is 0 Å². The molecule has 0 saturated heterocycles. The van der Waals surface area contributed by atoms with Gasteiger partial charge in [-0.25, -0.2) is 0 Å². The van der Waals surface area contributed by atoms with Gasteiger partial charge in [-0.2, -0.15) is 0 Å². The van der Waals surface area contributed by atoms with Crippen molar-refractivity contribution in [1.82, 2.24) is 0 Å². The zero-order chi connectivity index (χ0) is 6.12. The molecule has 0 aromatic heterocycles. The Balaban J connectivity index is -0.0000000575. The Kier molecular flexibility index (Phi) is 48.1. The van der Waals surface area contributed by atoms with Gasteiger partial charge in [0.05, 0.1) is 0 Å². The van der Waals surface area contributed by atoms with E-state index in [4.69, 9.17) is 11.6 Å². The van der Waals surface area contributed by atoms with E-state index < -0.39 is 0 Å². The average molecular weight is 264 g/mol. The molecule has 0 bridgehead atoms. The maximum atomic E-state index is 5.19. The van der Waals surface area contributed by atoms with Crippen molar-refractivity contribution < 1.29 is 0 Å². The summed E-state index contributed by atoms with van der Waals surface area (Å²) < 4.78 is 0. The van der Waals surface area contributed by atoms with Crippen LogP contribution < -0.4 is 0 Å². The first-order chi connectivity index (χ1) is 3.33. The Bertz CT molecular complexity index is 17.9. The summed E-state index contributed by atoms with van der Waals surface area (Å²) in [5, 5.41) is 0. The Hall–Kier alpha value is 1.38. The van der Waals surface area contributed by atoms with Crippen molar-refractivity contribution >= 4 is 45.2 Å². The number of rotatable bonds is 1. The van der Waals surface area contributed by atoms with Crippen LogP contribution in [0, 0.1) is 0 Å². The van der Waals surface area contributed by atoms with Gasteiger partial charge in [-0.3, -0.25) is 0 Å². The number of hydrogen-bond donors (Lipinski definition) is 0. The average Bonchev–Trinajstić information content (AvgIpc) is 1.69. The van der Waals surface area contributed by atoms with Crippen LogP contribution in [-0.4, -0.2) is 27.0 Å². The zero-order valence-electron chi connectivity index (χ0n) is 5.70. The molecule has 0 aliphatic heterocycles. The van der Waals surface area contributed by atoms with Gasteiger partial charge in [-0.15, -0.1) is 24.0 Å². The molecule has 0 amide bonds. The van der Waals surface area contributed by atoms with Gasteiger partial charge >= 0.3 is 31.0 Å². The Morgan fingerprint density at radius 3 is 1.50 bits per heavy atom. The summed E-state index contributed by atoms with van der Waals surface area (Å²) in [6, 6.07) is 0. The standard InChI is InChI=1S/C3H7Cl.2CH3.ClH.Sn/c1-2-3-4;;;;/h2-3H2,1H3;2*1H3;1H;. The Morgan fingerprint density at radius 2 is 1.50 bits per heavy atom. The third-order valence-electron chi connectivity index (χ3n) is 0.189. The van der Waals surface area contributed by atoms with Crippen molar-refractivity contribution in [3.8, 4) is 0 Å². The Morgan fingerprint density at radius 1 is 1.38 bits per heavy atom. The van der Waals surface area contributed by atoms with E-state index >= 15 is 0 Å². The summed E-state index contributed by atoms with van der Waals surface area (Å²) in [7, 11) is 0. The summed E-state index contributed by atoms with van der Waals surface area (Å²) in [6.07, 6.45) is 1.08. The van der Waals surface area contributed by atoms with E-state index in [0.717, 1.165) is 12.3 Å². The van der Waals surface area contributed by atoms with Gasteiger partial charge in [-0.1, -0.05) is 6.92 Å². The molecule has 0 spiro atoms. The normalized spacial score (nSPS) is 6.00. The van der Waals surface area contributed by atoms with Crippen molar-refractivity contribution in [1.29, 1.82) is 0 Å². The van der Waals surface area contributed by atoms with Crippen LogP contribution in [-0.2, 0) is 0 Å². The minimum atomic E-state index is 0. The fourth-order valence-corrected chi connectivity index (χ4v) is 0. The van der Waals surface area contributed by atoms with Gasteiger partial charge < -0.3 is 0 Å². The molecule has 8 heavy (non-hydrogen) atoms. The number of alkyl halides is 1. The van der Waals surface area contributed by atoms with E-state index in [-0.39, 0.29) is 33.5 Å². The second-order valence-corrected chi connectivity index (χ2v) is 4.42. The van der Waals surface area contributed by atoms with Crippen LogP contribution in [0.2, 0.25) is 9.88 Å². The molecule has 0 saturated carbocycles. The molecule has 0 N–H and O–H groups in total.